The molecule has 0 aliphatic heterocycles. The zero-order valence-corrected chi connectivity index (χ0v) is 16.4. The lowest BCUT2D eigenvalue weighted by Crippen LogP contribution is -2.25. The number of nitrogens with zero attached hydrogens (tertiary/aromatic N) is 2. The van der Waals surface area contributed by atoms with E-state index in [9.17, 15) is 13.2 Å². The molecule has 1 aromatic heterocycles. The Kier molecular flexibility index (Phi) is 6.70. The van der Waals surface area contributed by atoms with Gasteiger partial charge < -0.3 is 4.74 Å². The summed E-state index contributed by atoms with van der Waals surface area (Å²) in [5.41, 5.74) is 1.08. The molecule has 138 valence electrons. The van der Waals surface area contributed by atoms with Crippen molar-refractivity contribution < 1.29 is 17.9 Å². The van der Waals surface area contributed by atoms with Gasteiger partial charge in [0.1, 0.15) is 0 Å². The minimum Gasteiger partial charge on any atom is -0.463 e. The molecule has 0 atom stereocenters. The lowest BCUT2D eigenvalue weighted by molar-refractivity contribution is -0.137. The van der Waals surface area contributed by atoms with Gasteiger partial charge in [0, 0.05) is 11.0 Å². The molecule has 0 aliphatic carbocycles. The van der Waals surface area contributed by atoms with Gasteiger partial charge >= 0.3 is 5.97 Å². The third kappa shape index (κ3) is 5.03. The normalized spacial score (nSPS) is 12.3. The van der Waals surface area contributed by atoms with Crippen molar-refractivity contribution >= 4 is 33.5 Å². The van der Waals surface area contributed by atoms with Gasteiger partial charge in [0.05, 0.1) is 23.4 Å². The molecule has 6 nitrogen and oxygen atoms in total. The van der Waals surface area contributed by atoms with Crippen LogP contribution in [-0.2, 0) is 19.6 Å². The van der Waals surface area contributed by atoms with Gasteiger partial charge in [0.2, 0.25) is 0 Å². The number of benzene rings is 1. The van der Waals surface area contributed by atoms with E-state index in [2.05, 4.69) is 5.10 Å². The first-order chi connectivity index (χ1) is 12.3. The molecule has 0 radical (unpaired) electrons. The highest BCUT2D eigenvalue weighted by atomic mass is 32.2. The highest BCUT2D eigenvalue weighted by Crippen LogP contribution is 2.21. The molecule has 2 aromatic rings. The van der Waals surface area contributed by atoms with E-state index < -0.39 is 16.0 Å². The number of allylic oxidation sites excluding steroid dienone is 1. The Hall–Kier alpha value is -2.45. The third-order valence-corrected chi connectivity index (χ3v) is 5.81. The first kappa shape index (κ1) is 19.9. The van der Waals surface area contributed by atoms with Crippen molar-refractivity contribution in [2.75, 3.05) is 6.61 Å². The van der Waals surface area contributed by atoms with Gasteiger partial charge in [-0.2, -0.15) is 17.9 Å². The van der Waals surface area contributed by atoms with Crippen LogP contribution in [0.5, 0.6) is 0 Å². The summed E-state index contributed by atoms with van der Waals surface area (Å²) in [5.74, 6) is -0.625. The van der Waals surface area contributed by atoms with Crippen LogP contribution in [0, 0.1) is 6.92 Å². The molecule has 0 bridgehead atoms. The van der Waals surface area contributed by atoms with Gasteiger partial charge in [-0.25, -0.2) is 4.79 Å². The van der Waals surface area contributed by atoms with Crippen molar-refractivity contribution in [2.45, 2.75) is 25.7 Å². The average molecular weight is 393 g/mol. The molecule has 1 aromatic carbocycles. The van der Waals surface area contributed by atoms with E-state index in [1.807, 2.05) is 24.4 Å². The van der Waals surface area contributed by atoms with Crippen molar-refractivity contribution in [1.29, 1.82) is 0 Å². The van der Waals surface area contributed by atoms with Crippen LogP contribution in [0.4, 0.5) is 0 Å². The van der Waals surface area contributed by atoms with Crippen LogP contribution >= 0.6 is 11.3 Å². The Morgan fingerprint density at radius 2 is 1.96 bits per heavy atom. The molecule has 0 spiro atoms. The second-order valence-electron chi connectivity index (χ2n) is 5.36. The lowest BCUT2D eigenvalue weighted by atomic mass is 10.2. The maximum atomic E-state index is 13.0. The first-order valence-corrected chi connectivity index (χ1v) is 10.2. The molecule has 2 rings (SSSR count). The number of esters is 1. The van der Waals surface area contributed by atoms with Crippen molar-refractivity contribution in [1.82, 2.24) is 4.41 Å². The number of hydrogen-bond donors (Lipinski definition) is 0. The lowest BCUT2D eigenvalue weighted by Gasteiger charge is -2.19. The van der Waals surface area contributed by atoms with E-state index >= 15 is 0 Å². The standard InChI is InChI=1S/C18H20N2O4S2/c1-4-24-18(21)12-15(3)20(19-13-16-6-5-11-25-16)26(22,23)17-9-7-14(2)8-10-17/h5-13H,4H2,1-3H3/b15-12+,19-13+. The van der Waals surface area contributed by atoms with Gasteiger partial charge in [-0.1, -0.05) is 23.8 Å². The minimum atomic E-state index is -3.97. The predicted octanol–water partition coefficient (Wildman–Crippen LogP) is 3.55. The molecule has 0 unspecified atom stereocenters. The van der Waals surface area contributed by atoms with Crippen molar-refractivity contribution in [3.63, 3.8) is 0 Å². The summed E-state index contributed by atoms with van der Waals surface area (Å²) >= 11 is 1.43. The molecule has 0 fully saturated rings. The van der Waals surface area contributed by atoms with Crippen LogP contribution in [0.1, 0.15) is 24.3 Å². The summed E-state index contributed by atoms with van der Waals surface area (Å²) in [6.07, 6.45) is 2.56. The monoisotopic (exact) mass is 392 g/mol. The molecular formula is C18H20N2O4S2. The van der Waals surface area contributed by atoms with E-state index in [1.54, 1.807) is 19.1 Å². The van der Waals surface area contributed by atoms with Crippen LogP contribution in [0.2, 0.25) is 0 Å². The van der Waals surface area contributed by atoms with Gasteiger partial charge in [0.15, 0.2) is 0 Å². The Balaban J connectivity index is 2.45. The van der Waals surface area contributed by atoms with Crippen LogP contribution in [0.15, 0.2) is 63.5 Å². The number of thiophene rings is 1. The van der Waals surface area contributed by atoms with E-state index in [4.69, 9.17) is 4.74 Å². The molecule has 0 amide bonds. The Bertz CT molecular complexity index is 899. The van der Waals surface area contributed by atoms with Gasteiger partial charge in [0.25, 0.3) is 10.0 Å². The van der Waals surface area contributed by atoms with Crippen LogP contribution < -0.4 is 0 Å². The second kappa shape index (κ2) is 8.77. The first-order valence-electron chi connectivity index (χ1n) is 7.89. The predicted molar refractivity (Wildman–Crippen MR) is 103 cm³/mol. The summed E-state index contributed by atoms with van der Waals surface area (Å²) in [7, 11) is -3.97. The highest BCUT2D eigenvalue weighted by Gasteiger charge is 2.25. The average Bonchev–Trinajstić information content (AvgIpc) is 3.08. The molecule has 0 N–H and O–H groups in total. The van der Waals surface area contributed by atoms with E-state index in [0.29, 0.717) is 0 Å². The van der Waals surface area contributed by atoms with Crippen LogP contribution in [-0.4, -0.2) is 31.6 Å². The molecule has 0 saturated heterocycles. The van der Waals surface area contributed by atoms with Crippen molar-refractivity contribution in [3.05, 3.63) is 64.0 Å². The number of rotatable bonds is 7. The largest absolute Gasteiger partial charge is 0.463 e. The maximum absolute atomic E-state index is 13.0. The number of aryl methyl sites for hydroxylation is 1. The SMILES string of the molecule is CCOC(=O)/C=C(\C)N(/N=C/c1cccs1)S(=O)(=O)c1ccc(C)cc1. The van der Waals surface area contributed by atoms with E-state index in [-0.39, 0.29) is 17.2 Å². The number of carbonyl (C=O) groups is 1. The summed E-state index contributed by atoms with van der Waals surface area (Å²) in [6, 6.07) is 10.1. The maximum Gasteiger partial charge on any atom is 0.332 e. The Morgan fingerprint density at radius 3 is 2.54 bits per heavy atom. The van der Waals surface area contributed by atoms with Gasteiger partial charge in [-0.3, -0.25) is 0 Å². The highest BCUT2D eigenvalue weighted by molar-refractivity contribution is 7.89. The summed E-state index contributed by atoms with van der Waals surface area (Å²) in [4.78, 5) is 12.6. The summed E-state index contributed by atoms with van der Waals surface area (Å²) < 4.78 is 31.7. The fraction of sp³-hybridized carbons (Fsp3) is 0.222. The number of hydrogen-bond acceptors (Lipinski definition) is 6. The Labute approximate surface area is 157 Å². The summed E-state index contributed by atoms with van der Waals surface area (Å²) in [6.45, 7) is 5.24. The topological polar surface area (TPSA) is 76.0 Å². The van der Waals surface area contributed by atoms with E-state index in [0.717, 1.165) is 20.9 Å². The van der Waals surface area contributed by atoms with Crippen molar-refractivity contribution in [2.24, 2.45) is 5.10 Å². The molecule has 26 heavy (non-hydrogen) atoms. The zero-order chi connectivity index (χ0) is 19.2. The molecule has 1 heterocycles. The quantitative estimate of drug-likeness (QED) is 0.312. The van der Waals surface area contributed by atoms with Crippen LogP contribution in [0.3, 0.4) is 0 Å². The minimum absolute atomic E-state index is 0.0861. The van der Waals surface area contributed by atoms with Crippen LogP contribution in [0.25, 0.3) is 0 Å². The molecular weight excluding hydrogens is 372 g/mol. The molecule has 0 saturated carbocycles. The third-order valence-electron chi connectivity index (χ3n) is 3.29. The second-order valence-corrected chi connectivity index (χ2v) is 8.11. The van der Waals surface area contributed by atoms with Gasteiger partial charge in [-0.15, -0.1) is 11.3 Å². The van der Waals surface area contributed by atoms with Crippen molar-refractivity contribution in [3.8, 4) is 0 Å². The number of sulfonamides is 1. The number of hydrazone groups is 1. The summed E-state index contributed by atoms with van der Waals surface area (Å²) in [5, 5.41) is 5.97. The van der Waals surface area contributed by atoms with E-state index in [1.165, 1.54) is 36.6 Å². The zero-order valence-electron chi connectivity index (χ0n) is 14.7. The molecule has 0 aliphatic rings. The molecule has 8 heteroatoms. The fourth-order valence-electron chi connectivity index (χ4n) is 2.04. The fourth-order valence-corrected chi connectivity index (χ4v) is 3.90. The van der Waals surface area contributed by atoms with Gasteiger partial charge in [-0.05, 0) is 44.4 Å². The smallest absolute Gasteiger partial charge is 0.332 e. The Morgan fingerprint density at radius 1 is 1.27 bits per heavy atom. The number of carbonyl (C=O) groups excluding carboxylic acids is 1. The number of ether oxygens (including phenoxy) is 1.